The van der Waals surface area contributed by atoms with Crippen LogP contribution in [-0.4, -0.2) is 45.7 Å². The van der Waals surface area contributed by atoms with Crippen molar-refractivity contribution in [3.05, 3.63) is 52.5 Å². The molecule has 1 fully saturated rings. The van der Waals surface area contributed by atoms with Crippen LogP contribution in [0.5, 0.6) is 5.75 Å². The number of para-hydroxylation sites is 2. The van der Waals surface area contributed by atoms with Crippen LogP contribution in [0.25, 0.3) is 0 Å². The Balaban J connectivity index is 1.52. The fourth-order valence-electron chi connectivity index (χ4n) is 3.14. The Morgan fingerprint density at radius 1 is 1.15 bits per heavy atom. The lowest BCUT2D eigenvalue weighted by atomic mass is 10.2. The van der Waals surface area contributed by atoms with Crippen LogP contribution in [0.4, 0.5) is 11.4 Å². The highest BCUT2D eigenvalue weighted by molar-refractivity contribution is 6.42. The Morgan fingerprint density at radius 2 is 1.88 bits per heavy atom. The quantitative estimate of drug-likeness (QED) is 0.817. The highest BCUT2D eigenvalue weighted by atomic mass is 35.5. The Hall–Kier alpha value is -1.95. The largest absolute Gasteiger partial charge is 0.495 e. The van der Waals surface area contributed by atoms with Crippen LogP contribution in [-0.2, 0) is 4.79 Å². The lowest BCUT2D eigenvalue weighted by molar-refractivity contribution is -0.892. The van der Waals surface area contributed by atoms with Gasteiger partial charge in [-0.1, -0.05) is 35.3 Å². The number of quaternary nitrogens is 1. The van der Waals surface area contributed by atoms with E-state index in [9.17, 15) is 4.79 Å². The van der Waals surface area contributed by atoms with Crippen LogP contribution in [0.1, 0.15) is 0 Å². The summed E-state index contributed by atoms with van der Waals surface area (Å²) in [4.78, 5) is 15.9. The number of hydrogen-bond acceptors (Lipinski definition) is 3. The zero-order chi connectivity index (χ0) is 18.5. The van der Waals surface area contributed by atoms with Crippen molar-refractivity contribution in [3.8, 4) is 5.75 Å². The van der Waals surface area contributed by atoms with E-state index >= 15 is 0 Å². The van der Waals surface area contributed by atoms with E-state index in [1.165, 1.54) is 4.90 Å². The van der Waals surface area contributed by atoms with E-state index in [-0.39, 0.29) is 5.91 Å². The van der Waals surface area contributed by atoms with Crippen LogP contribution in [0.15, 0.2) is 42.5 Å². The predicted molar refractivity (Wildman–Crippen MR) is 106 cm³/mol. The van der Waals surface area contributed by atoms with Crippen molar-refractivity contribution in [1.82, 2.24) is 0 Å². The lowest BCUT2D eigenvalue weighted by Gasteiger charge is -2.34. The van der Waals surface area contributed by atoms with Gasteiger partial charge in [-0.05, 0) is 30.3 Å². The van der Waals surface area contributed by atoms with Crippen molar-refractivity contribution >= 4 is 40.5 Å². The first-order valence-electron chi connectivity index (χ1n) is 8.53. The molecule has 0 aliphatic carbocycles. The number of piperazine rings is 1. The zero-order valence-corrected chi connectivity index (χ0v) is 16.1. The lowest BCUT2D eigenvalue weighted by Crippen LogP contribution is -3.15. The SMILES string of the molecule is COc1ccccc1N1CC[NH+](CC(=O)Nc2ccc(Cl)c(Cl)c2)CC1. The number of amides is 1. The first-order chi connectivity index (χ1) is 12.6. The van der Waals surface area contributed by atoms with Gasteiger partial charge < -0.3 is 19.9 Å². The van der Waals surface area contributed by atoms with Crippen LogP contribution < -0.4 is 19.9 Å². The maximum Gasteiger partial charge on any atom is 0.279 e. The molecule has 1 aliphatic heterocycles. The van der Waals surface area contributed by atoms with Gasteiger partial charge in [0.1, 0.15) is 5.75 Å². The fraction of sp³-hybridized carbons (Fsp3) is 0.316. The minimum absolute atomic E-state index is 0.0240. The molecule has 7 heteroatoms. The molecule has 2 aromatic carbocycles. The van der Waals surface area contributed by atoms with Gasteiger partial charge in [0.25, 0.3) is 5.91 Å². The van der Waals surface area contributed by atoms with Gasteiger partial charge in [-0.3, -0.25) is 4.79 Å². The van der Waals surface area contributed by atoms with Gasteiger partial charge in [-0.25, -0.2) is 0 Å². The minimum atomic E-state index is -0.0240. The second-order valence-electron chi connectivity index (χ2n) is 6.26. The van der Waals surface area contributed by atoms with Gasteiger partial charge in [0.2, 0.25) is 0 Å². The summed E-state index contributed by atoms with van der Waals surface area (Å²) in [6.07, 6.45) is 0. The van der Waals surface area contributed by atoms with Crippen molar-refractivity contribution in [2.75, 3.05) is 50.1 Å². The number of benzene rings is 2. The van der Waals surface area contributed by atoms with Crippen LogP contribution in [0, 0.1) is 0 Å². The molecule has 5 nitrogen and oxygen atoms in total. The highest BCUT2D eigenvalue weighted by Gasteiger charge is 2.23. The van der Waals surface area contributed by atoms with E-state index < -0.39 is 0 Å². The summed E-state index contributed by atoms with van der Waals surface area (Å²) >= 11 is 11.9. The first kappa shape index (κ1) is 18.8. The summed E-state index contributed by atoms with van der Waals surface area (Å²) in [6, 6.07) is 13.1. The second kappa shape index (κ2) is 8.62. The highest BCUT2D eigenvalue weighted by Crippen LogP contribution is 2.27. The molecule has 26 heavy (non-hydrogen) atoms. The van der Waals surface area contributed by atoms with Crippen LogP contribution >= 0.6 is 23.2 Å². The number of ether oxygens (including phenoxy) is 1. The molecule has 0 spiro atoms. The molecule has 1 amide bonds. The monoisotopic (exact) mass is 394 g/mol. The molecule has 2 N–H and O–H groups in total. The maximum atomic E-state index is 12.3. The molecule has 2 aromatic rings. The van der Waals surface area contributed by atoms with Gasteiger partial charge in [0.15, 0.2) is 6.54 Å². The standard InChI is InChI=1S/C19H21Cl2N3O2/c1-26-18-5-3-2-4-17(18)24-10-8-23(9-11-24)13-19(25)22-14-6-7-15(20)16(21)12-14/h2-7,12H,8-11,13H2,1H3,(H,22,25)/p+1. The van der Waals surface area contributed by atoms with E-state index in [2.05, 4.69) is 16.3 Å². The summed E-state index contributed by atoms with van der Waals surface area (Å²) in [7, 11) is 1.69. The fourth-order valence-corrected chi connectivity index (χ4v) is 3.44. The first-order valence-corrected chi connectivity index (χ1v) is 9.29. The van der Waals surface area contributed by atoms with Crippen LogP contribution in [0.2, 0.25) is 10.0 Å². The summed E-state index contributed by atoms with van der Waals surface area (Å²) in [5, 5.41) is 3.79. The number of methoxy groups -OCH3 is 1. The average Bonchev–Trinajstić information content (AvgIpc) is 2.65. The molecule has 3 rings (SSSR count). The normalized spacial score (nSPS) is 15.0. The third-order valence-electron chi connectivity index (χ3n) is 4.51. The summed E-state index contributed by atoms with van der Waals surface area (Å²) < 4.78 is 5.44. The molecule has 0 atom stereocenters. The number of anilines is 2. The Bertz CT molecular complexity index is 777. The molecule has 138 valence electrons. The third kappa shape index (κ3) is 4.61. The number of carbonyl (C=O) groups excluding carboxylic acids is 1. The smallest absolute Gasteiger partial charge is 0.279 e. The molecular weight excluding hydrogens is 373 g/mol. The van der Waals surface area contributed by atoms with E-state index in [1.807, 2.05) is 18.2 Å². The van der Waals surface area contributed by atoms with Crippen molar-refractivity contribution in [3.63, 3.8) is 0 Å². The van der Waals surface area contributed by atoms with E-state index in [1.54, 1.807) is 25.3 Å². The molecule has 0 unspecified atom stereocenters. The Labute approximate surface area is 163 Å². The number of carbonyl (C=O) groups is 1. The number of rotatable bonds is 5. The van der Waals surface area contributed by atoms with Crippen molar-refractivity contribution in [2.45, 2.75) is 0 Å². The van der Waals surface area contributed by atoms with Crippen LogP contribution in [0.3, 0.4) is 0 Å². The van der Waals surface area contributed by atoms with E-state index in [0.29, 0.717) is 22.3 Å². The van der Waals surface area contributed by atoms with Gasteiger partial charge in [0, 0.05) is 5.69 Å². The zero-order valence-electron chi connectivity index (χ0n) is 14.6. The number of halogens is 2. The van der Waals surface area contributed by atoms with Crippen molar-refractivity contribution < 1.29 is 14.4 Å². The number of nitrogens with one attached hydrogen (secondary N) is 2. The second-order valence-corrected chi connectivity index (χ2v) is 7.08. The molecule has 0 radical (unpaired) electrons. The Morgan fingerprint density at radius 3 is 2.58 bits per heavy atom. The minimum Gasteiger partial charge on any atom is -0.495 e. The molecule has 0 bridgehead atoms. The van der Waals surface area contributed by atoms with Gasteiger partial charge in [0.05, 0.1) is 49.0 Å². The molecule has 0 saturated carbocycles. The molecule has 1 aliphatic rings. The average molecular weight is 395 g/mol. The van der Waals surface area contributed by atoms with Gasteiger partial charge in [-0.2, -0.15) is 0 Å². The van der Waals surface area contributed by atoms with Gasteiger partial charge >= 0.3 is 0 Å². The topological polar surface area (TPSA) is 46.0 Å². The summed E-state index contributed by atoms with van der Waals surface area (Å²) in [5.74, 6) is 0.859. The number of hydrogen-bond donors (Lipinski definition) is 2. The summed E-state index contributed by atoms with van der Waals surface area (Å²) in [6.45, 7) is 3.99. The van der Waals surface area contributed by atoms with Crippen molar-refractivity contribution in [1.29, 1.82) is 0 Å². The molecule has 1 heterocycles. The molecular formula is C19H22Cl2N3O2+. The molecule has 0 aromatic heterocycles. The molecule has 1 saturated heterocycles. The summed E-state index contributed by atoms with van der Waals surface area (Å²) in [5.41, 5.74) is 1.77. The third-order valence-corrected chi connectivity index (χ3v) is 5.25. The predicted octanol–water partition coefficient (Wildman–Crippen LogP) is 2.35. The van der Waals surface area contributed by atoms with Crippen molar-refractivity contribution in [2.24, 2.45) is 0 Å². The van der Waals surface area contributed by atoms with E-state index in [0.717, 1.165) is 37.6 Å². The van der Waals surface area contributed by atoms with Gasteiger partial charge in [-0.15, -0.1) is 0 Å². The van der Waals surface area contributed by atoms with E-state index in [4.69, 9.17) is 27.9 Å². The maximum absolute atomic E-state index is 12.3. The Kier molecular flexibility index (Phi) is 6.25. The number of nitrogens with zero attached hydrogens (tertiary/aromatic N) is 1.